The van der Waals surface area contributed by atoms with Crippen molar-refractivity contribution in [2.75, 3.05) is 6.61 Å². The van der Waals surface area contributed by atoms with Crippen LogP contribution in [0.15, 0.2) is 29.8 Å². The molecule has 2 aliphatic rings. The first-order valence-corrected chi connectivity index (χ1v) is 7.47. The van der Waals surface area contributed by atoms with Crippen molar-refractivity contribution in [3.63, 3.8) is 0 Å². The lowest BCUT2D eigenvalue weighted by Gasteiger charge is -2.18. The third-order valence-corrected chi connectivity index (χ3v) is 4.21. The summed E-state index contributed by atoms with van der Waals surface area (Å²) in [4.78, 5) is 0. The first-order valence-electron chi connectivity index (χ1n) is 7.47. The molecule has 1 aliphatic carbocycles. The van der Waals surface area contributed by atoms with E-state index >= 15 is 0 Å². The number of aliphatic hydroxyl groups is 1. The molecule has 0 saturated heterocycles. The van der Waals surface area contributed by atoms with Gasteiger partial charge in [0.15, 0.2) is 0 Å². The van der Waals surface area contributed by atoms with Crippen molar-refractivity contribution in [3.05, 3.63) is 41.0 Å². The monoisotopic (exact) mass is 258 g/mol. The number of fused-ring (bicyclic) bond motifs is 1. The molecule has 0 aromatic heterocycles. The van der Waals surface area contributed by atoms with Crippen molar-refractivity contribution in [3.8, 4) is 5.75 Å². The molecule has 1 unspecified atom stereocenters. The Kier molecular flexibility index (Phi) is 3.88. The van der Waals surface area contributed by atoms with Crippen LogP contribution in [0.25, 0.3) is 0 Å². The molecule has 0 bridgehead atoms. The van der Waals surface area contributed by atoms with E-state index in [1.807, 2.05) is 12.1 Å². The fourth-order valence-corrected chi connectivity index (χ4v) is 3.06. The second-order valence-corrected chi connectivity index (χ2v) is 5.60. The van der Waals surface area contributed by atoms with Gasteiger partial charge in [0.2, 0.25) is 0 Å². The Morgan fingerprint density at radius 1 is 1.05 bits per heavy atom. The van der Waals surface area contributed by atoms with Gasteiger partial charge in [-0.15, -0.1) is 0 Å². The fraction of sp³-hybridized carbons (Fsp3) is 0.529. The predicted octanol–water partition coefficient (Wildman–Crippen LogP) is 3.94. The van der Waals surface area contributed by atoms with Crippen LogP contribution in [0.1, 0.15) is 55.8 Å². The first-order chi connectivity index (χ1) is 9.34. The lowest BCUT2D eigenvalue weighted by molar-refractivity contribution is 0.209. The van der Waals surface area contributed by atoms with E-state index in [9.17, 15) is 5.11 Å². The van der Waals surface area contributed by atoms with E-state index in [1.54, 1.807) is 0 Å². The minimum absolute atomic E-state index is 0.427. The molecular formula is C17H22O2. The molecule has 19 heavy (non-hydrogen) atoms. The second-order valence-electron chi connectivity index (χ2n) is 5.60. The van der Waals surface area contributed by atoms with Gasteiger partial charge in [-0.25, -0.2) is 0 Å². The largest absolute Gasteiger partial charge is 0.493 e. The zero-order valence-electron chi connectivity index (χ0n) is 11.4. The molecule has 3 rings (SSSR count). The van der Waals surface area contributed by atoms with Crippen LogP contribution in [0.3, 0.4) is 0 Å². The molecule has 0 radical (unpaired) electrons. The van der Waals surface area contributed by atoms with E-state index in [0.29, 0.717) is 0 Å². The van der Waals surface area contributed by atoms with Crippen LogP contribution in [0.5, 0.6) is 5.75 Å². The molecular weight excluding hydrogens is 236 g/mol. The topological polar surface area (TPSA) is 29.5 Å². The number of allylic oxidation sites excluding steroid dienone is 1. The molecule has 2 nitrogen and oxygen atoms in total. The molecule has 102 valence electrons. The van der Waals surface area contributed by atoms with E-state index in [4.69, 9.17) is 4.74 Å². The minimum atomic E-state index is -0.427. The van der Waals surface area contributed by atoms with Crippen LogP contribution in [0.2, 0.25) is 0 Å². The van der Waals surface area contributed by atoms with Crippen LogP contribution in [-0.4, -0.2) is 11.7 Å². The van der Waals surface area contributed by atoms with Gasteiger partial charge < -0.3 is 9.84 Å². The van der Waals surface area contributed by atoms with Crippen molar-refractivity contribution < 1.29 is 9.84 Å². The molecule has 1 aliphatic heterocycles. The van der Waals surface area contributed by atoms with Gasteiger partial charge in [-0.1, -0.05) is 25.0 Å². The van der Waals surface area contributed by atoms with Gasteiger partial charge in [0.1, 0.15) is 11.9 Å². The molecule has 0 saturated carbocycles. The van der Waals surface area contributed by atoms with Gasteiger partial charge >= 0.3 is 0 Å². The normalized spacial score (nSPS) is 23.5. The molecule has 2 heteroatoms. The third kappa shape index (κ3) is 2.84. The van der Waals surface area contributed by atoms with Crippen LogP contribution in [-0.2, 0) is 6.42 Å². The maximum absolute atomic E-state index is 10.6. The molecule has 1 aromatic carbocycles. The summed E-state index contributed by atoms with van der Waals surface area (Å²) < 4.78 is 5.52. The van der Waals surface area contributed by atoms with E-state index in [1.165, 1.54) is 36.8 Å². The summed E-state index contributed by atoms with van der Waals surface area (Å²) in [5.74, 6) is 0.989. The molecule has 0 spiro atoms. The van der Waals surface area contributed by atoms with Gasteiger partial charge in [-0.05, 0) is 54.5 Å². The van der Waals surface area contributed by atoms with Crippen LogP contribution in [0.4, 0.5) is 0 Å². The number of ether oxygens (including phenoxy) is 1. The summed E-state index contributed by atoms with van der Waals surface area (Å²) in [5.41, 5.74) is 3.47. The summed E-state index contributed by atoms with van der Waals surface area (Å²) in [6.45, 7) is 0.775. The summed E-state index contributed by atoms with van der Waals surface area (Å²) in [5, 5.41) is 10.6. The number of rotatable bonds is 2. The van der Waals surface area contributed by atoms with Crippen molar-refractivity contribution in [1.82, 2.24) is 0 Å². The summed E-state index contributed by atoms with van der Waals surface area (Å²) in [6, 6.07) is 6.13. The van der Waals surface area contributed by atoms with Gasteiger partial charge in [0.25, 0.3) is 0 Å². The Bertz CT molecular complexity index is 476. The van der Waals surface area contributed by atoms with E-state index in [-0.39, 0.29) is 0 Å². The smallest absolute Gasteiger partial charge is 0.122 e. The number of hydrogen-bond donors (Lipinski definition) is 1. The Balaban J connectivity index is 1.80. The van der Waals surface area contributed by atoms with Crippen LogP contribution < -0.4 is 4.74 Å². The quantitative estimate of drug-likeness (QED) is 0.814. The molecule has 1 atom stereocenters. The number of benzene rings is 1. The van der Waals surface area contributed by atoms with E-state index < -0.39 is 6.10 Å². The maximum Gasteiger partial charge on any atom is 0.122 e. The Morgan fingerprint density at radius 3 is 2.89 bits per heavy atom. The van der Waals surface area contributed by atoms with E-state index in [0.717, 1.165) is 37.2 Å². The van der Waals surface area contributed by atoms with Crippen molar-refractivity contribution >= 4 is 0 Å². The van der Waals surface area contributed by atoms with Gasteiger partial charge in [0.05, 0.1) is 6.61 Å². The lowest BCUT2D eigenvalue weighted by Crippen LogP contribution is -2.04. The van der Waals surface area contributed by atoms with Gasteiger partial charge in [-0.3, -0.25) is 0 Å². The van der Waals surface area contributed by atoms with Gasteiger partial charge in [-0.2, -0.15) is 0 Å². The summed E-state index contributed by atoms with van der Waals surface area (Å²) >= 11 is 0. The number of hydrogen-bond acceptors (Lipinski definition) is 2. The number of aliphatic hydroxyl groups excluding tert-OH is 1. The molecule has 0 amide bonds. The summed E-state index contributed by atoms with van der Waals surface area (Å²) in [6.07, 6.45) is 10.0. The lowest BCUT2D eigenvalue weighted by atomic mass is 9.92. The average molecular weight is 258 g/mol. The first kappa shape index (κ1) is 12.7. The SMILES string of the molecule is OC(/C1=C/CCCCCC1)c1ccc2c(c1)CCO2. The average Bonchev–Trinajstić information content (AvgIpc) is 2.84. The molecule has 1 heterocycles. The Morgan fingerprint density at radius 2 is 1.95 bits per heavy atom. The molecule has 1 aromatic rings. The van der Waals surface area contributed by atoms with Crippen molar-refractivity contribution in [2.45, 2.75) is 51.0 Å². The molecule has 1 N–H and O–H groups in total. The third-order valence-electron chi connectivity index (χ3n) is 4.21. The van der Waals surface area contributed by atoms with Crippen molar-refractivity contribution in [1.29, 1.82) is 0 Å². The highest BCUT2D eigenvalue weighted by Gasteiger charge is 2.18. The fourth-order valence-electron chi connectivity index (χ4n) is 3.06. The van der Waals surface area contributed by atoms with E-state index in [2.05, 4.69) is 12.1 Å². The van der Waals surface area contributed by atoms with Gasteiger partial charge in [0, 0.05) is 6.42 Å². The highest BCUT2D eigenvalue weighted by atomic mass is 16.5. The Hall–Kier alpha value is -1.28. The van der Waals surface area contributed by atoms with Crippen LogP contribution in [0, 0.1) is 0 Å². The zero-order chi connectivity index (χ0) is 13.1. The maximum atomic E-state index is 10.6. The standard InChI is InChI=1S/C17H22O2/c18-17(13-6-4-2-1-3-5-7-13)15-8-9-16-14(12-15)10-11-19-16/h6,8-9,12,17-18H,1-5,7,10-11H2/b13-6+. The van der Waals surface area contributed by atoms with Crippen LogP contribution >= 0.6 is 0 Å². The van der Waals surface area contributed by atoms with Crippen molar-refractivity contribution in [2.24, 2.45) is 0 Å². The minimum Gasteiger partial charge on any atom is -0.493 e. The highest BCUT2D eigenvalue weighted by Crippen LogP contribution is 2.33. The Labute approximate surface area is 115 Å². The predicted molar refractivity (Wildman–Crippen MR) is 76.4 cm³/mol. The second kappa shape index (κ2) is 5.79. The zero-order valence-corrected chi connectivity index (χ0v) is 11.4. The summed E-state index contributed by atoms with van der Waals surface area (Å²) in [7, 11) is 0. The molecule has 0 fully saturated rings. The highest BCUT2D eigenvalue weighted by molar-refractivity contribution is 5.42.